The van der Waals surface area contributed by atoms with Gasteiger partial charge >= 0.3 is 0 Å². The number of amides is 1. The van der Waals surface area contributed by atoms with Crippen molar-refractivity contribution < 1.29 is 4.79 Å². The van der Waals surface area contributed by atoms with E-state index in [4.69, 9.17) is 17.3 Å². The van der Waals surface area contributed by atoms with Crippen LogP contribution in [0.15, 0.2) is 18.2 Å². The molecule has 1 amide bonds. The van der Waals surface area contributed by atoms with E-state index in [1.165, 1.54) is 6.92 Å². The molecule has 0 spiro atoms. The molecule has 92 valence electrons. The standard InChI is InChI=1S/C12H16ClN3O/c1-8(17)15-9-5-6-16(7-9)11-4-2-3-10(13)12(11)14/h2-4,9H,5-7,14H2,1H3,(H,15,17). The van der Waals surface area contributed by atoms with Crippen molar-refractivity contribution in [1.82, 2.24) is 5.32 Å². The molecule has 1 aromatic rings. The summed E-state index contributed by atoms with van der Waals surface area (Å²) in [6.07, 6.45) is 0.936. The third-order valence-electron chi connectivity index (χ3n) is 2.97. The highest BCUT2D eigenvalue weighted by Gasteiger charge is 2.24. The van der Waals surface area contributed by atoms with Crippen molar-refractivity contribution in [2.45, 2.75) is 19.4 Å². The SMILES string of the molecule is CC(=O)NC1CCN(c2cccc(Cl)c2N)C1. The highest BCUT2D eigenvalue weighted by molar-refractivity contribution is 6.33. The van der Waals surface area contributed by atoms with Gasteiger partial charge in [0.15, 0.2) is 0 Å². The van der Waals surface area contributed by atoms with E-state index in [1.807, 2.05) is 12.1 Å². The Kier molecular flexibility index (Phi) is 3.43. The van der Waals surface area contributed by atoms with Crippen LogP contribution in [0.1, 0.15) is 13.3 Å². The van der Waals surface area contributed by atoms with Crippen LogP contribution in [-0.4, -0.2) is 25.0 Å². The van der Waals surface area contributed by atoms with Gasteiger partial charge in [-0.25, -0.2) is 0 Å². The molecule has 1 saturated heterocycles. The zero-order valence-electron chi connectivity index (χ0n) is 9.74. The summed E-state index contributed by atoms with van der Waals surface area (Å²) in [6, 6.07) is 5.82. The molecule has 0 aromatic heterocycles. The van der Waals surface area contributed by atoms with Crippen LogP contribution in [0, 0.1) is 0 Å². The van der Waals surface area contributed by atoms with Crippen LogP contribution in [0.3, 0.4) is 0 Å². The maximum atomic E-state index is 11.0. The van der Waals surface area contributed by atoms with Crippen LogP contribution in [0.5, 0.6) is 0 Å². The van der Waals surface area contributed by atoms with Gasteiger partial charge < -0.3 is 16.0 Å². The van der Waals surface area contributed by atoms with Gasteiger partial charge in [-0.05, 0) is 18.6 Å². The Hall–Kier alpha value is -1.42. The molecule has 1 aromatic carbocycles. The van der Waals surface area contributed by atoms with Crippen LogP contribution in [-0.2, 0) is 4.79 Å². The molecule has 0 radical (unpaired) electrons. The van der Waals surface area contributed by atoms with Crippen molar-refractivity contribution in [3.63, 3.8) is 0 Å². The first-order valence-electron chi connectivity index (χ1n) is 5.64. The number of carbonyl (C=O) groups excluding carboxylic acids is 1. The molecule has 1 heterocycles. The van der Waals surface area contributed by atoms with E-state index in [0.29, 0.717) is 10.7 Å². The van der Waals surface area contributed by atoms with E-state index in [2.05, 4.69) is 10.2 Å². The average Bonchev–Trinajstić information content (AvgIpc) is 2.69. The number of benzene rings is 1. The minimum Gasteiger partial charge on any atom is -0.396 e. The maximum Gasteiger partial charge on any atom is 0.217 e. The van der Waals surface area contributed by atoms with Gasteiger partial charge in [0, 0.05) is 26.1 Å². The summed E-state index contributed by atoms with van der Waals surface area (Å²) >= 11 is 5.99. The lowest BCUT2D eigenvalue weighted by atomic mass is 10.2. The lowest BCUT2D eigenvalue weighted by molar-refractivity contribution is -0.119. The summed E-state index contributed by atoms with van der Waals surface area (Å²) in [5, 5.41) is 3.50. The minimum absolute atomic E-state index is 0.0101. The van der Waals surface area contributed by atoms with Gasteiger partial charge in [0.1, 0.15) is 0 Å². The van der Waals surface area contributed by atoms with E-state index < -0.39 is 0 Å². The molecule has 3 N–H and O–H groups in total. The number of para-hydroxylation sites is 1. The Morgan fingerprint density at radius 3 is 3.06 bits per heavy atom. The molecule has 0 bridgehead atoms. The first-order valence-corrected chi connectivity index (χ1v) is 6.01. The molecule has 0 saturated carbocycles. The highest BCUT2D eigenvalue weighted by Crippen LogP contribution is 2.31. The Balaban J connectivity index is 2.10. The van der Waals surface area contributed by atoms with Gasteiger partial charge in [0.05, 0.1) is 16.4 Å². The van der Waals surface area contributed by atoms with E-state index >= 15 is 0 Å². The number of carbonyl (C=O) groups is 1. The lowest BCUT2D eigenvalue weighted by Crippen LogP contribution is -2.35. The van der Waals surface area contributed by atoms with Crippen LogP contribution in [0.4, 0.5) is 11.4 Å². The Morgan fingerprint density at radius 1 is 1.59 bits per heavy atom. The van der Waals surface area contributed by atoms with Gasteiger partial charge in [0.25, 0.3) is 0 Å². The van der Waals surface area contributed by atoms with Crippen LogP contribution in [0.2, 0.25) is 5.02 Å². The first-order chi connectivity index (χ1) is 8.08. The molecule has 0 aliphatic carbocycles. The number of nitrogens with zero attached hydrogens (tertiary/aromatic N) is 1. The number of nitrogens with two attached hydrogens (primary N) is 1. The fourth-order valence-corrected chi connectivity index (χ4v) is 2.36. The first kappa shape index (κ1) is 12.0. The van der Waals surface area contributed by atoms with Crippen molar-refractivity contribution in [2.75, 3.05) is 23.7 Å². The van der Waals surface area contributed by atoms with Crippen molar-refractivity contribution in [3.05, 3.63) is 23.2 Å². The summed E-state index contributed by atoms with van der Waals surface area (Å²) in [4.78, 5) is 13.1. The second kappa shape index (κ2) is 4.84. The molecule has 1 aliphatic rings. The van der Waals surface area contributed by atoms with Gasteiger partial charge in [-0.1, -0.05) is 17.7 Å². The fourth-order valence-electron chi connectivity index (χ4n) is 2.19. The summed E-state index contributed by atoms with van der Waals surface area (Å²) in [5.74, 6) is 0.0101. The molecule has 1 atom stereocenters. The topological polar surface area (TPSA) is 58.4 Å². The van der Waals surface area contributed by atoms with Crippen molar-refractivity contribution in [1.29, 1.82) is 0 Å². The summed E-state index contributed by atoms with van der Waals surface area (Å²) in [6.45, 7) is 3.20. The Labute approximate surface area is 106 Å². The maximum absolute atomic E-state index is 11.0. The van der Waals surface area contributed by atoms with Gasteiger partial charge in [0.2, 0.25) is 5.91 Å². The molecule has 5 heteroatoms. The predicted molar refractivity (Wildman–Crippen MR) is 70.3 cm³/mol. The number of hydrogen-bond donors (Lipinski definition) is 2. The monoisotopic (exact) mass is 253 g/mol. The average molecular weight is 254 g/mol. The molecular weight excluding hydrogens is 238 g/mol. The van der Waals surface area contributed by atoms with E-state index in [0.717, 1.165) is 25.2 Å². The van der Waals surface area contributed by atoms with E-state index in [1.54, 1.807) is 6.07 Å². The van der Waals surface area contributed by atoms with Crippen LogP contribution in [0.25, 0.3) is 0 Å². The molecule has 1 unspecified atom stereocenters. The number of halogens is 1. The van der Waals surface area contributed by atoms with E-state index in [-0.39, 0.29) is 11.9 Å². The summed E-state index contributed by atoms with van der Waals surface area (Å²) < 4.78 is 0. The number of rotatable bonds is 2. The second-order valence-electron chi connectivity index (χ2n) is 4.30. The van der Waals surface area contributed by atoms with Gasteiger partial charge in [-0.3, -0.25) is 4.79 Å². The zero-order chi connectivity index (χ0) is 12.4. The van der Waals surface area contributed by atoms with Crippen LogP contribution >= 0.6 is 11.6 Å². The predicted octanol–water partition coefficient (Wildman–Crippen LogP) is 1.64. The summed E-state index contributed by atoms with van der Waals surface area (Å²) in [5.41, 5.74) is 7.51. The molecule has 17 heavy (non-hydrogen) atoms. The number of nitrogens with one attached hydrogen (secondary N) is 1. The van der Waals surface area contributed by atoms with Crippen molar-refractivity contribution in [2.24, 2.45) is 0 Å². The molecule has 4 nitrogen and oxygen atoms in total. The second-order valence-corrected chi connectivity index (χ2v) is 4.71. The quantitative estimate of drug-likeness (QED) is 0.788. The lowest BCUT2D eigenvalue weighted by Gasteiger charge is -2.21. The van der Waals surface area contributed by atoms with Crippen molar-refractivity contribution >= 4 is 28.9 Å². The summed E-state index contributed by atoms with van der Waals surface area (Å²) in [7, 11) is 0. The number of anilines is 2. The molecule has 2 rings (SSSR count). The highest BCUT2D eigenvalue weighted by atomic mass is 35.5. The zero-order valence-corrected chi connectivity index (χ0v) is 10.5. The molecule has 1 fully saturated rings. The third-order valence-corrected chi connectivity index (χ3v) is 3.30. The Bertz CT molecular complexity index is 436. The number of nitrogen functional groups attached to an aromatic ring is 1. The van der Waals surface area contributed by atoms with Gasteiger partial charge in [-0.15, -0.1) is 0 Å². The molecule has 1 aliphatic heterocycles. The smallest absolute Gasteiger partial charge is 0.217 e. The van der Waals surface area contributed by atoms with E-state index in [9.17, 15) is 4.79 Å². The van der Waals surface area contributed by atoms with Gasteiger partial charge in [-0.2, -0.15) is 0 Å². The normalized spacial score (nSPS) is 19.4. The fraction of sp³-hybridized carbons (Fsp3) is 0.417. The number of hydrogen-bond acceptors (Lipinski definition) is 3. The largest absolute Gasteiger partial charge is 0.396 e. The minimum atomic E-state index is 0.0101. The van der Waals surface area contributed by atoms with Crippen LogP contribution < -0.4 is 16.0 Å². The Morgan fingerprint density at radius 2 is 2.35 bits per heavy atom. The van der Waals surface area contributed by atoms with Crippen molar-refractivity contribution in [3.8, 4) is 0 Å². The third kappa shape index (κ3) is 2.64. The molecular formula is C12H16ClN3O.